The molecule has 1 unspecified atom stereocenters. The van der Waals surface area contributed by atoms with Crippen LogP contribution in [0, 0.1) is 0 Å². The Balaban J connectivity index is 2.50. The van der Waals surface area contributed by atoms with Gasteiger partial charge in [-0.2, -0.15) is 10.2 Å². The van der Waals surface area contributed by atoms with Crippen LogP contribution in [0.4, 0.5) is 0 Å². The largest absolute Gasteiger partial charge is 0.189 e. The summed E-state index contributed by atoms with van der Waals surface area (Å²) in [4.78, 5) is 0. The van der Waals surface area contributed by atoms with E-state index in [4.69, 9.17) is 0 Å². The zero-order valence-electron chi connectivity index (χ0n) is 6.49. The molecule has 1 heterocycles. The van der Waals surface area contributed by atoms with Gasteiger partial charge in [-0.3, -0.25) is 0 Å². The third kappa shape index (κ3) is 1.04. The summed E-state index contributed by atoms with van der Waals surface area (Å²) in [6, 6.07) is 8.59. The van der Waals surface area contributed by atoms with Crippen LogP contribution in [0.3, 0.4) is 0 Å². The molecule has 0 saturated heterocycles. The summed E-state index contributed by atoms with van der Waals surface area (Å²) >= 11 is 0. The van der Waals surface area contributed by atoms with E-state index >= 15 is 0 Å². The summed E-state index contributed by atoms with van der Waals surface area (Å²) in [6.45, 7) is 2.82. The maximum Gasteiger partial charge on any atom is 0.0933 e. The van der Waals surface area contributed by atoms with Crippen molar-refractivity contribution in [2.75, 3.05) is 0 Å². The van der Waals surface area contributed by atoms with Crippen LogP contribution < -0.4 is 0 Å². The predicted molar refractivity (Wildman–Crippen MR) is 43.4 cm³/mol. The highest BCUT2D eigenvalue weighted by molar-refractivity contribution is 5.30. The molecule has 2 rings (SSSR count). The number of nitrogens with zero attached hydrogens (tertiary/aromatic N) is 2. The smallest absolute Gasteiger partial charge is 0.0933 e. The number of azo groups is 1. The van der Waals surface area contributed by atoms with Gasteiger partial charge >= 0.3 is 0 Å². The lowest BCUT2D eigenvalue weighted by molar-refractivity contribution is 0.674. The second kappa shape index (κ2) is 2.46. The highest BCUT2D eigenvalue weighted by Gasteiger charge is 2.11. The Labute approximate surface area is 66.0 Å². The fourth-order valence-corrected chi connectivity index (χ4v) is 1.39. The fourth-order valence-electron chi connectivity index (χ4n) is 1.39. The lowest BCUT2D eigenvalue weighted by Gasteiger charge is -2.14. The number of hydrogen-bond acceptors (Lipinski definition) is 2. The summed E-state index contributed by atoms with van der Waals surface area (Å²) in [5.74, 6) is 0. The Morgan fingerprint density at radius 2 is 2.18 bits per heavy atom. The van der Waals surface area contributed by atoms with Gasteiger partial charge in [0, 0.05) is 0 Å². The van der Waals surface area contributed by atoms with Crippen molar-refractivity contribution in [3.05, 3.63) is 35.4 Å². The van der Waals surface area contributed by atoms with Crippen molar-refractivity contribution in [3.8, 4) is 0 Å². The van der Waals surface area contributed by atoms with Gasteiger partial charge < -0.3 is 0 Å². The van der Waals surface area contributed by atoms with Crippen molar-refractivity contribution in [1.29, 1.82) is 0 Å². The first-order chi connectivity index (χ1) is 5.38. The van der Waals surface area contributed by atoms with Crippen LogP contribution in [0.2, 0.25) is 0 Å². The predicted octanol–water partition coefficient (Wildman–Crippen LogP) is 2.71. The topological polar surface area (TPSA) is 24.7 Å². The quantitative estimate of drug-likeness (QED) is 0.537. The van der Waals surface area contributed by atoms with Crippen LogP contribution in [0.5, 0.6) is 0 Å². The molecule has 1 aliphatic rings. The summed E-state index contributed by atoms with van der Waals surface area (Å²) in [5.41, 5.74) is 2.64. The summed E-state index contributed by atoms with van der Waals surface area (Å²) in [7, 11) is 0. The molecule has 2 heteroatoms. The SMILES string of the molecule is CC1N=NCc2ccccc21. The zero-order valence-corrected chi connectivity index (χ0v) is 6.49. The summed E-state index contributed by atoms with van der Waals surface area (Å²) in [6.07, 6.45) is 0. The van der Waals surface area contributed by atoms with Crippen LogP contribution in [0.15, 0.2) is 34.5 Å². The van der Waals surface area contributed by atoms with Gasteiger partial charge in [0.05, 0.1) is 12.6 Å². The van der Waals surface area contributed by atoms with Crippen LogP contribution >= 0.6 is 0 Å². The Kier molecular flexibility index (Phi) is 1.46. The third-order valence-electron chi connectivity index (χ3n) is 2.00. The molecule has 0 bridgehead atoms. The van der Waals surface area contributed by atoms with Gasteiger partial charge in [-0.25, -0.2) is 0 Å². The first-order valence-electron chi connectivity index (χ1n) is 3.82. The summed E-state index contributed by atoms with van der Waals surface area (Å²) in [5, 5.41) is 8.12. The van der Waals surface area contributed by atoms with Crippen LogP contribution in [0.1, 0.15) is 24.1 Å². The molecule has 11 heavy (non-hydrogen) atoms. The van der Waals surface area contributed by atoms with E-state index in [0.29, 0.717) is 0 Å². The van der Waals surface area contributed by atoms with Crippen LogP contribution in [-0.4, -0.2) is 0 Å². The van der Waals surface area contributed by atoms with Crippen molar-refractivity contribution in [2.45, 2.75) is 19.5 Å². The molecule has 0 aromatic heterocycles. The van der Waals surface area contributed by atoms with Crippen molar-refractivity contribution in [1.82, 2.24) is 0 Å². The average Bonchev–Trinajstić information content (AvgIpc) is 2.06. The molecular formula is C9H10N2. The van der Waals surface area contributed by atoms with Gasteiger partial charge in [-0.05, 0) is 18.1 Å². The maximum absolute atomic E-state index is 4.10. The second-order valence-electron chi connectivity index (χ2n) is 2.79. The molecule has 1 aliphatic heterocycles. The van der Waals surface area contributed by atoms with Crippen molar-refractivity contribution in [2.24, 2.45) is 10.2 Å². The van der Waals surface area contributed by atoms with Gasteiger partial charge in [0.15, 0.2) is 0 Å². The highest BCUT2D eigenvalue weighted by atomic mass is 15.1. The van der Waals surface area contributed by atoms with Gasteiger partial charge in [0.2, 0.25) is 0 Å². The van der Waals surface area contributed by atoms with Crippen LogP contribution in [-0.2, 0) is 6.54 Å². The van der Waals surface area contributed by atoms with Gasteiger partial charge in [0.25, 0.3) is 0 Å². The molecule has 1 atom stereocenters. The normalized spacial score (nSPS) is 21.4. The first kappa shape index (κ1) is 6.53. The van der Waals surface area contributed by atoms with E-state index in [1.165, 1.54) is 11.1 Å². The van der Waals surface area contributed by atoms with E-state index in [-0.39, 0.29) is 6.04 Å². The van der Waals surface area contributed by atoms with Gasteiger partial charge in [0.1, 0.15) is 0 Å². The Morgan fingerprint density at radius 1 is 1.36 bits per heavy atom. The monoisotopic (exact) mass is 146 g/mol. The average molecular weight is 146 g/mol. The molecule has 0 radical (unpaired) electrons. The standard InChI is InChI=1S/C9H10N2/c1-7-9-5-3-2-4-8(9)6-10-11-7/h2-5,7H,6H2,1H3. The Morgan fingerprint density at radius 3 is 3.00 bits per heavy atom. The minimum Gasteiger partial charge on any atom is -0.189 e. The lowest BCUT2D eigenvalue weighted by Crippen LogP contribution is -1.99. The molecule has 0 amide bonds. The van der Waals surface area contributed by atoms with E-state index in [2.05, 4.69) is 35.4 Å². The molecule has 0 aliphatic carbocycles. The number of hydrogen-bond donors (Lipinski definition) is 0. The van der Waals surface area contributed by atoms with E-state index in [1.807, 2.05) is 6.07 Å². The molecule has 0 N–H and O–H groups in total. The highest BCUT2D eigenvalue weighted by Crippen LogP contribution is 2.25. The molecule has 1 aromatic carbocycles. The first-order valence-corrected chi connectivity index (χ1v) is 3.82. The Bertz CT molecular complexity index is 291. The van der Waals surface area contributed by atoms with Crippen LogP contribution in [0.25, 0.3) is 0 Å². The van der Waals surface area contributed by atoms with E-state index in [0.717, 1.165) is 6.54 Å². The minimum atomic E-state index is 0.250. The Hall–Kier alpha value is -1.18. The number of fused-ring (bicyclic) bond motifs is 1. The molecule has 2 nitrogen and oxygen atoms in total. The van der Waals surface area contributed by atoms with E-state index in [1.54, 1.807) is 0 Å². The third-order valence-corrected chi connectivity index (χ3v) is 2.00. The molecular weight excluding hydrogens is 136 g/mol. The van der Waals surface area contributed by atoms with E-state index < -0.39 is 0 Å². The summed E-state index contributed by atoms with van der Waals surface area (Å²) < 4.78 is 0. The molecule has 0 fully saturated rings. The molecule has 0 saturated carbocycles. The minimum absolute atomic E-state index is 0.250. The number of rotatable bonds is 0. The molecule has 0 spiro atoms. The van der Waals surface area contributed by atoms with Gasteiger partial charge in [-0.1, -0.05) is 24.3 Å². The second-order valence-corrected chi connectivity index (χ2v) is 2.79. The fraction of sp³-hybridized carbons (Fsp3) is 0.333. The van der Waals surface area contributed by atoms with E-state index in [9.17, 15) is 0 Å². The molecule has 56 valence electrons. The zero-order chi connectivity index (χ0) is 7.68. The number of benzene rings is 1. The van der Waals surface area contributed by atoms with Gasteiger partial charge in [-0.15, -0.1) is 0 Å². The van der Waals surface area contributed by atoms with Crippen molar-refractivity contribution in [3.63, 3.8) is 0 Å². The maximum atomic E-state index is 4.10. The van der Waals surface area contributed by atoms with Crippen molar-refractivity contribution >= 4 is 0 Å². The van der Waals surface area contributed by atoms with Crippen molar-refractivity contribution < 1.29 is 0 Å². The molecule has 1 aromatic rings. The lowest BCUT2D eigenvalue weighted by atomic mass is 10.0.